The molecule has 0 spiro atoms. The predicted octanol–water partition coefficient (Wildman–Crippen LogP) is 4.36. The average molecular weight is 292 g/mol. The van der Waals surface area contributed by atoms with E-state index in [2.05, 4.69) is 10.3 Å². The van der Waals surface area contributed by atoms with Gasteiger partial charge in [-0.25, -0.2) is 4.98 Å². The first-order valence-corrected chi connectivity index (χ1v) is 7.17. The molecule has 0 fully saturated rings. The number of rotatable bonds is 4. The van der Waals surface area contributed by atoms with Gasteiger partial charge in [0.25, 0.3) is 0 Å². The average Bonchev–Trinajstić information content (AvgIpc) is 3.06. The summed E-state index contributed by atoms with van der Waals surface area (Å²) in [7, 11) is 0. The lowest BCUT2D eigenvalue weighted by Gasteiger charge is -2.03. The van der Waals surface area contributed by atoms with Gasteiger partial charge < -0.3 is 9.73 Å². The lowest BCUT2D eigenvalue weighted by atomic mass is 10.2. The Balaban J connectivity index is 1.80. The maximum atomic E-state index is 11.4. The molecule has 0 unspecified atom stereocenters. The first-order valence-electron chi connectivity index (χ1n) is 7.17. The largest absolute Gasteiger partial charge is 0.444 e. The van der Waals surface area contributed by atoms with Gasteiger partial charge in [-0.3, -0.25) is 4.79 Å². The minimum Gasteiger partial charge on any atom is -0.444 e. The zero-order chi connectivity index (χ0) is 15.4. The Bertz CT molecular complexity index is 761. The van der Waals surface area contributed by atoms with Crippen LogP contribution in [-0.2, 0) is 4.79 Å². The fourth-order valence-electron chi connectivity index (χ4n) is 2.09. The summed E-state index contributed by atoms with van der Waals surface area (Å²) in [6.45, 7) is 1.82. The highest BCUT2D eigenvalue weighted by atomic mass is 16.3. The molecule has 0 saturated heterocycles. The number of carbonyl (C=O) groups excluding carboxylic acids is 1. The van der Waals surface area contributed by atoms with E-state index >= 15 is 0 Å². The molecule has 1 N–H and O–H groups in total. The van der Waals surface area contributed by atoms with Gasteiger partial charge in [0.05, 0.1) is 0 Å². The van der Waals surface area contributed by atoms with Crippen molar-refractivity contribution >= 4 is 11.6 Å². The van der Waals surface area contributed by atoms with Crippen molar-refractivity contribution in [2.45, 2.75) is 13.3 Å². The summed E-state index contributed by atoms with van der Waals surface area (Å²) in [6.07, 6.45) is 2.11. The van der Waals surface area contributed by atoms with Crippen molar-refractivity contribution in [3.05, 3.63) is 60.9 Å². The van der Waals surface area contributed by atoms with Crippen LogP contribution in [0.5, 0.6) is 0 Å². The molecule has 4 heteroatoms. The first kappa shape index (κ1) is 14.1. The molecule has 22 heavy (non-hydrogen) atoms. The maximum absolute atomic E-state index is 11.4. The van der Waals surface area contributed by atoms with E-state index in [1.165, 1.54) is 0 Å². The normalized spacial score (nSPS) is 10.4. The summed E-state index contributed by atoms with van der Waals surface area (Å²) in [6, 6.07) is 17.3. The van der Waals surface area contributed by atoms with Crippen LogP contribution in [0.1, 0.15) is 13.3 Å². The highest BCUT2D eigenvalue weighted by Gasteiger charge is 2.08. The molecule has 0 radical (unpaired) electrons. The van der Waals surface area contributed by atoms with Crippen LogP contribution in [-0.4, -0.2) is 10.9 Å². The van der Waals surface area contributed by atoms with Gasteiger partial charge in [-0.2, -0.15) is 0 Å². The minimum absolute atomic E-state index is 0.00441. The molecule has 0 aliphatic heterocycles. The van der Waals surface area contributed by atoms with Gasteiger partial charge in [0.1, 0.15) is 12.0 Å². The molecular formula is C18H16N2O2. The second-order valence-electron chi connectivity index (χ2n) is 4.88. The number of benzene rings is 2. The highest BCUT2D eigenvalue weighted by Crippen LogP contribution is 2.25. The third kappa shape index (κ3) is 3.06. The monoisotopic (exact) mass is 292 g/mol. The third-order valence-corrected chi connectivity index (χ3v) is 3.31. The van der Waals surface area contributed by atoms with E-state index in [0.29, 0.717) is 12.3 Å². The van der Waals surface area contributed by atoms with Crippen molar-refractivity contribution in [2.24, 2.45) is 0 Å². The van der Waals surface area contributed by atoms with Crippen molar-refractivity contribution in [1.82, 2.24) is 4.98 Å². The van der Waals surface area contributed by atoms with E-state index in [1.807, 2.05) is 61.5 Å². The second kappa shape index (κ2) is 6.26. The molecule has 0 saturated carbocycles. The van der Waals surface area contributed by atoms with E-state index in [0.717, 1.165) is 22.5 Å². The molecule has 3 rings (SSSR count). The Hall–Kier alpha value is -2.88. The van der Waals surface area contributed by atoms with Gasteiger partial charge in [-0.1, -0.05) is 37.3 Å². The molecular weight excluding hydrogens is 276 g/mol. The summed E-state index contributed by atoms with van der Waals surface area (Å²) in [5, 5.41) is 2.81. The zero-order valence-corrected chi connectivity index (χ0v) is 12.2. The smallest absolute Gasteiger partial charge is 0.226 e. The molecule has 3 aromatic rings. The van der Waals surface area contributed by atoms with Crippen LogP contribution in [0, 0.1) is 0 Å². The standard InChI is InChI=1S/C18H16N2O2/c1-2-17(21)19-15-10-8-14(9-11-15)18-20-16(12-22-18)13-6-4-3-5-7-13/h3-12H,2H2,1H3,(H,19,21). The number of hydrogen-bond donors (Lipinski definition) is 1. The number of anilines is 1. The summed E-state index contributed by atoms with van der Waals surface area (Å²) in [5.74, 6) is 0.558. The van der Waals surface area contributed by atoms with Crippen LogP contribution in [0.2, 0.25) is 0 Å². The van der Waals surface area contributed by atoms with E-state index in [4.69, 9.17) is 4.42 Å². The van der Waals surface area contributed by atoms with Crippen molar-refractivity contribution in [3.8, 4) is 22.7 Å². The molecule has 1 aromatic heterocycles. The third-order valence-electron chi connectivity index (χ3n) is 3.31. The van der Waals surface area contributed by atoms with E-state index in [1.54, 1.807) is 6.26 Å². The van der Waals surface area contributed by atoms with Crippen LogP contribution in [0.15, 0.2) is 65.3 Å². The summed E-state index contributed by atoms with van der Waals surface area (Å²) in [4.78, 5) is 15.9. The van der Waals surface area contributed by atoms with Gasteiger partial charge in [-0.15, -0.1) is 0 Å². The topological polar surface area (TPSA) is 55.1 Å². The molecule has 2 aromatic carbocycles. The summed E-state index contributed by atoms with van der Waals surface area (Å²) >= 11 is 0. The fourth-order valence-corrected chi connectivity index (χ4v) is 2.09. The van der Waals surface area contributed by atoms with Crippen LogP contribution >= 0.6 is 0 Å². The van der Waals surface area contributed by atoms with Crippen LogP contribution < -0.4 is 5.32 Å². The predicted molar refractivity (Wildman–Crippen MR) is 86.3 cm³/mol. The Kier molecular flexibility index (Phi) is 4.01. The molecule has 0 atom stereocenters. The molecule has 1 heterocycles. The van der Waals surface area contributed by atoms with E-state index in [9.17, 15) is 4.79 Å². The summed E-state index contributed by atoms with van der Waals surface area (Å²) in [5.41, 5.74) is 3.46. The molecule has 1 amide bonds. The van der Waals surface area contributed by atoms with Crippen molar-refractivity contribution in [2.75, 3.05) is 5.32 Å². The first-order chi connectivity index (χ1) is 10.8. The van der Waals surface area contributed by atoms with Gasteiger partial charge >= 0.3 is 0 Å². The zero-order valence-electron chi connectivity index (χ0n) is 12.2. The Labute approximate surface area is 128 Å². The van der Waals surface area contributed by atoms with Crippen LogP contribution in [0.4, 0.5) is 5.69 Å². The number of carbonyl (C=O) groups is 1. The van der Waals surface area contributed by atoms with Crippen molar-refractivity contribution in [3.63, 3.8) is 0 Å². The van der Waals surface area contributed by atoms with Crippen LogP contribution in [0.25, 0.3) is 22.7 Å². The van der Waals surface area contributed by atoms with Gasteiger partial charge in [-0.05, 0) is 24.3 Å². The van der Waals surface area contributed by atoms with Crippen LogP contribution in [0.3, 0.4) is 0 Å². The van der Waals surface area contributed by atoms with Gasteiger partial charge in [0.15, 0.2) is 0 Å². The quantitative estimate of drug-likeness (QED) is 0.777. The lowest BCUT2D eigenvalue weighted by molar-refractivity contribution is -0.115. The number of nitrogens with one attached hydrogen (secondary N) is 1. The Morgan fingerprint density at radius 3 is 2.45 bits per heavy atom. The Morgan fingerprint density at radius 1 is 1.05 bits per heavy atom. The Morgan fingerprint density at radius 2 is 1.77 bits per heavy atom. The van der Waals surface area contributed by atoms with Crippen molar-refractivity contribution < 1.29 is 9.21 Å². The summed E-state index contributed by atoms with van der Waals surface area (Å²) < 4.78 is 5.55. The maximum Gasteiger partial charge on any atom is 0.226 e. The lowest BCUT2D eigenvalue weighted by Crippen LogP contribution is -2.08. The van der Waals surface area contributed by atoms with Gasteiger partial charge in [0, 0.05) is 23.2 Å². The second-order valence-corrected chi connectivity index (χ2v) is 4.88. The minimum atomic E-state index is -0.00441. The molecule has 110 valence electrons. The van der Waals surface area contributed by atoms with E-state index < -0.39 is 0 Å². The van der Waals surface area contributed by atoms with Crippen molar-refractivity contribution in [1.29, 1.82) is 0 Å². The SMILES string of the molecule is CCC(=O)Nc1ccc(-c2nc(-c3ccccc3)co2)cc1. The molecule has 0 bridgehead atoms. The van der Waals surface area contributed by atoms with E-state index in [-0.39, 0.29) is 5.91 Å². The number of nitrogens with zero attached hydrogens (tertiary/aromatic N) is 1. The number of hydrogen-bond acceptors (Lipinski definition) is 3. The van der Waals surface area contributed by atoms with Gasteiger partial charge in [0.2, 0.25) is 11.8 Å². The molecule has 0 aliphatic rings. The fraction of sp³-hybridized carbons (Fsp3) is 0.111. The number of amides is 1. The number of oxazole rings is 1. The number of aromatic nitrogens is 1. The highest BCUT2D eigenvalue weighted by molar-refractivity contribution is 5.90. The molecule has 4 nitrogen and oxygen atoms in total. The molecule has 0 aliphatic carbocycles.